The molecule has 2 aromatic heterocycles. The van der Waals surface area contributed by atoms with E-state index in [1.54, 1.807) is 11.3 Å². The Kier molecular flexibility index (Phi) is 7.45. The van der Waals surface area contributed by atoms with Gasteiger partial charge in [-0.3, -0.25) is 9.59 Å². The Morgan fingerprint density at radius 1 is 0.976 bits per heavy atom. The summed E-state index contributed by atoms with van der Waals surface area (Å²) in [6.45, 7) is 8.18. The molecule has 2 aliphatic rings. The van der Waals surface area contributed by atoms with Crippen molar-refractivity contribution in [2.24, 2.45) is 4.99 Å². The largest absolute Gasteiger partial charge is 0.322 e. The van der Waals surface area contributed by atoms with Gasteiger partial charge in [0.1, 0.15) is 5.00 Å². The van der Waals surface area contributed by atoms with Gasteiger partial charge in [-0.1, -0.05) is 35.4 Å². The molecule has 0 radical (unpaired) electrons. The van der Waals surface area contributed by atoms with Crippen molar-refractivity contribution in [1.29, 1.82) is 0 Å². The molecule has 2 N–H and O–H groups in total. The molecule has 2 amide bonds. The summed E-state index contributed by atoms with van der Waals surface area (Å²) in [6.07, 6.45) is 6.08. The van der Waals surface area contributed by atoms with Crippen molar-refractivity contribution in [3.05, 3.63) is 104 Å². The molecule has 6 nitrogen and oxygen atoms in total. The van der Waals surface area contributed by atoms with E-state index in [2.05, 4.69) is 40.1 Å². The first-order valence-corrected chi connectivity index (χ1v) is 15.5. The van der Waals surface area contributed by atoms with Crippen LogP contribution >= 0.6 is 23.1 Å². The van der Waals surface area contributed by atoms with Crippen molar-refractivity contribution in [2.45, 2.75) is 53.4 Å². The number of hydrogen-bond acceptors (Lipinski definition) is 5. The molecular formula is C33H32N4O2S2. The van der Waals surface area contributed by atoms with Crippen LogP contribution in [0.25, 0.3) is 11.1 Å². The zero-order chi connectivity index (χ0) is 28.7. The van der Waals surface area contributed by atoms with Gasteiger partial charge < -0.3 is 15.2 Å². The summed E-state index contributed by atoms with van der Waals surface area (Å²) in [6, 6.07) is 17.9. The van der Waals surface area contributed by atoms with Crippen molar-refractivity contribution in [3.63, 3.8) is 0 Å². The minimum Gasteiger partial charge on any atom is -0.322 e. The average Bonchev–Trinajstić information content (AvgIpc) is 3.58. The molecule has 0 bridgehead atoms. The Labute approximate surface area is 248 Å². The van der Waals surface area contributed by atoms with Crippen LogP contribution in [0.4, 0.5) is 11.4 Å². The maximum absolute atomic E-state index is 13.8. The molecule has 1 aliphatic heterocycles. The van der Waals surface area contributed by atoms with Gasteiger partial charge in [0, 0.05) is 22.0 Å². The molecule has 1 aliphatic carbocycles. The van der Waals surface area contributed by atoms with Crippen molar-refractivity contribution in [2.75, 3.05) is 5.32 Å². The molecule has 1 saturated heterocycles. The minimum absolute atomic E-state index is 0.0710. The second-order valence-corrected chi connectivity index (χ2v) is 12.8. The monoisotopic (exact) mass is 580 g/mol. The second-order valence-electron chi connectivity index (χ2n) is 10.7. The van der Waals surface area contributed by atoms with E-state index in [1.165, 1.54) is 22.2 Å². The first kappa shape index (κ1) is 27.3. The number of amides is 2. The van der Waals surface area contributed by atoms with E-state index in [0.29, 0.717) is 10.1 Å². The highest BCUT2D eigenvalue weighted by molar-refractivity contribution is 8.18. The van der Waals surface area contributed by atoms with Crippen LogP contribution in [0.2, 0.25) is 0 Å². The van der Waals surface area contributed by atoms with Gasteiger partial charge in [0.2, 0.25) is 0 Å². The molecule has 2 aromatic carbocycles. The van der Waals surface area contributed by atoms with E-state index in [0.717, 1.165) is 75.7 Å². The topological polar surface area (TPSA) is 75.5 Å². The standard InChI is InChI=1S/C33H32N4O2S2/c1-19-9-13-24(14-10-19)34-31(39)29-26-7-5-6-8-27(26)40-32(29)37-21(3)17-23(22(37)4)18-28-30(38)36-33(41-28)35-25-15-11-20(2)12-16-25/h9-18H,5-8H2,1-4H3,(H,34,39)(H,35,36,38)/b28-18-. The Morgan fingerprint density at radius 3 is 2.39 bits per heavy atom. The van der Waals surface area contributed by atoms with Gasteiger partial charge in [0.15, 0.2) is 5.17 Å². The lowest BCUT2D eigenvalue weighted by atomic mass is 9.95. The summed E-state index contributed by atoms with van der Waals surface area (Å²) in [5.74, 6) is -0.228. The molecular weight excluding hydrogens is 549 g/mol. The van der Waals surface area contributed by atoms with Crippen LogP contribution in [0.1, 0.15) is 61.7 Å². The van der Waals surface area contributed by atoms with Crippen molar-refractivity contribution >= 4 is 57.5 Å². The zero-order valence-corrected chi connectivity index (χ0v) is 25.3. The molecule has 8 heteroatoms. The Morgan fingerprint density at radius 2 is 1.66 bits per heavy atom. The fourth-order valence-electron chi connectivity index (χ4n) is 5.38. The number of thioether (sulfide) groups is 1. The maximum Gasteiger partial charge on any atom is 0.264 e. The quantitative estimate of drug-likeness (QED) is 0.237. The van der Waals surface area contributed by atoms with Crippen LogP contribution in [-0.4, -0.2) is 21.5 Å². The highest BCUT2D eigenvalue weighted by atomic mass is 32.2. The molecule has 208 valence electrons. The third-order valence-electron chi connectivity index (χ3n) is 7.56. The maximum atomic E-state index is 13.8. The number of thiophene rings is 1. The van der Waals surface area contributed by atoms with Crippen LogP contribution < -0.4 is 10.6 Å². The van der Waals surface area contributed by atoms with Crippen LogP contribution in [-0.2, 0) is 17.6 Å². The summed E-state index contributed by atoms with van der Waals surface area (Å²) in [5.41, 5.74) is 8.83. The highest BCUT2D eigenvalue weighted by Crippen LogP contribution is 2.40. The van der Waals surface area contributed by atoms with Gasteiger partial charge >= 0.3 is 0 Å². The minimum atomic E-state index is -0.157. The molecule has 0 atom stereocenters. The fourth-order valence-corrected chi connectivity index (χ4v) is 7.71. The summed E-state index contributed by atoms with van der Waals surface area (Å²) in [4.78, 5) is 33.1. The van der Waals surface area contributed by atoms with Crippen LogP contribution in [0.5, 0.6) is 0 Å². The lowest BCUT2D eigenvalue weighted by Gasteiger charge is -2.14. The molecule has 3 heterocycles. The van der Waals surface area contributed by atoms with E-state index >= 15 is 0 Å². The SMILES string of the molecule is Cc1ccc(N=C2NC(=O)/C(=C/c3cc(C)n(-c4sc5c(c4C(=O)Nc4ccc(C)cc4)CCCC5)c3C)S2)cc1. The third kappa shape index (κ3) is 5.54. The number of benzene rings is 2. The van der Waals surface area contributed by atoms with E-state index in [9.17, 15) is 9.59 Å². The Bertz CT molecular complexity index is 1720. The summed E-state index contributed by atoms with van der Waals surface area (Å²) < 4.78 is 2.18. The number of carbonyl (C=O) groups excluding carboxylic acids is 2. The normalized spacial score (nSPS) is 16.7. The van der Waals surface area contributed by atoms with E-state index in [-0.39, 0.29) is 11.8 Å². The predicted octanol–water partition coefficient (Wildman–Crippen LogP) is 7.80. The van der Waals surface area contributed by atoms with Crippen molar-refractivity contribution in [1.82, 2.24) is 9.88 Å². The number of anilines is 1. The number of nitrogens with zero attached hydrogens (tertiary/aromatic N) is 2. The number of carbonyl (C=O) groups is 2. The number of rotatable bonds is 5. The highest BCUT2D eigenvalue weighted by Gasteiger charge is 2.29. The van der Waals surface area contributed by atoms with Gasteiger partial charge in [-0.15, -0.1) is 11.3 Å². The predicted molar refractivity (Wildman–Crippen MR) is 171 cm³/mol. The Hall–Kier alpha value is -3.88. The fraction of sp³-hybridized carbons (Fsp3) is 0.242. The number of aryl methyl sites for hydroxylation is 4. The summed E-state index contributed by atoms with van der Waals surface area (Å²) in [5, 5.41) is 7.55. The van der Waals surface area contributed by atoms with E-state index in [1.807, 2.05) is 68.5 Å². The number of aromatic nitrogens is 1. The van der Waals surface area contributed by atoms with Crippen LogP contribution in [0, 0.1) is 27.7 Å². The molecule has 0 spiro atoms. The molecule has 41 heavy (non-hydrogen) atoms. The van der Waals surface area contributed by atoms with Gasteiger partial charge in [-0.25, -0.2) is 4.99 Å². The third-order valence-corrected chi connectivity index (χ3v) is 9.75. The van der Waals surface area contributed by atoms with Crippen molar-refractivity contribution in [3.8, 4) is 5.00 Å². The smallest absolute Gasteiger partial charge is 0.264 e. The molecule has 4 aromatic rings. The molecule has 0 saturated carbocycles. The average molecular weight is 581 g/mol. The van der Waals surface area contributed by atoms with E-state index < -0.39 is 0 Å². The van der Waals surface area contributed by atoms with Gasteiger partial charge in [-0.2, -0.15) is 0 Å². The molecule has 6 rings (SSSR count). The number of fused-ring (bicyclic) bond motifs is 1. The number of nitrogens with one attached hydrogen (secondary N) is 2. The van der Waals surface area contributed by atoms with E-state index in [4.69, 9.17) is 0 Å². The lowest BCUT2D eigenvalue weighted by Crippen LogP contribution is -2.19. The zero-order valence-electron chi connectivity index (χ0n) is 23.6. The lowest BCUT2D eigenvalue weighted by molar-refractivity contribution is -0.115. The first-order chi connectivity index (χ1) is 19.8. The van der Waals surface area contributed by atoms with Crippen LogP contribution in [0.3, 0.4) is 0 Å². The second kappa shape index (κ2) is 11.2. The molecule has 1 fully saturated rings. The van der Waals surface area contributed by atoms with Gasteiger partial charge in [-0.05, 0) is 113 Å². The van der Waals surface area contributed by atoms with Crippen LogP contribution in [0.15, 0.2) is 64.5 Å². The van der Waals surface area contributed by atoms with Gasteiger partial charge in [0.25, 0.3) is 11.8 Å². The summed E-state index contributed by atoms with van der Waals surface area (Å²) in [7, 11) is 0. The summed E-state index contributed by atoms with van der Waals surface area (Å²) >= 11 is 3.07. The number of amidine groups is 1. The number of hydrogen-bond donors (Lipinski definition) is 2. The van der Waals surface area contributed by atoms with Gasteiger partial charge in [0.05, 0.1) is 16.2 Å². The molecule has 0 unspecified atom stereocenters. The number of aliphatic imine (C=N–C) groups is 1. The first-order valence-electron chi connectivity index (χ1n) is 13.8. The van der Waals surface area contributed by atoms with Crippen molar-refractivity contribution < 1.29 is 9.59 Å². The Balaban J connectivity index is 1.34.